The van der Waals surface area contributed by atoms with Crippen molar-refractivity contribution in [1.82, 2.24) is 9.97 Å². The number of aromatic nitrogens is 2. The molecule has 5 nitrogen and oxygen atoms in total. The van der Waals surface area contributed by atoms with Gasteiger partial charge >= 0.3 is 0 Å². The molecule has 1 fully saturated rings. The van der Waals surface area contributed by atoms with Crippen molar-refractivity contribution in [3.63, 3.8) is 0 Å². The summed E-state index contributed by atoms with van der Waals surface area (Å²) < 4.78 is 5.67. The van der Waals surface area contributed by atoms with Crippen LogP contribution in [0.3, 0.4) is 0 Å². The maximum atomic E-state index is 5.67. The molecule has 1 unspecified atom stereocenters. The van der Waals surface area contributed by atoms with Crippen molar-refractivity contribution in [3.8, 4) is 0 Å². The van der Waals surface area contributed by atoms with Crippen molar-refractivity contribution in [3.05, 3.63) is 11.8 Å². The van der Waals surface area contributed by atoms with Crippen LogP contribution in [0.2, 0.25) is 0 Å². The number of nitrogens with one attached hydrogen (secondary N) is 2. The minimum Gasteiger partial charge on any atom is -0.376 e. The second-order valence-corrected chi connectivity index (χ2v) is 4.34. The lowest BCUT2D eigenvalue weighted by Gasteiger charge is -2.23. The number of rotatable bonds is 4. The number of anilines is 2. The molecule has 5 heteroatoms. The summed E-state index contributed by atoms with van der Waals surface area (Å²) in [6.45, 7) is 3.71. The summed E-state index contributed by atoms with van der Waals surface area (Å²) >= 11 is 0. The van der Waals surface area contributed by atoms with Crippen molar-refractivity contribution in [1.29, 1.82) is 0 Å². The van der Waals surface area contributed by atoms with E-state index in [-0.39, 0.29) is 0 Å². The summed E-state index contributed by atoms with van der Waals surface area (Å²) in [5, 5.41) is 6.28. The lowest BCUT2D eigenvalue weighted by molar-refractivity contribution is 0.0247. The molecular formula is C12H20N4O. The first-order chi connectivity index (χ1) is 8.29. The number of nitrogens with zero attached hydrogens (tertiary/aromatic N) is 2. The Balaban J connectivity index is 1.92. The quantitative estimate of drug-likeness (QED) is 0.835. The van der Waals surface area contributed by atoms with Gasteiger partial charge in [0.2, 0.25) is 5.95 Å². The third kappa shape index (κ3) is 3.30. The van der Waals surface area contributed by atoms with Crippen molar-refractivity contribution >= 4 is 11.8 Å². The highest BCUT2D eigenvalue weighted by molar-refractivity contribution is 5.46. The van der Waals surface area contributed by atoms with Gasteiger partial charge in [-0.1, -0.05) is 0 Å². The number of ether oxygens (including phenoxy) is 1. The standard InChI is InChI=1S/C12H20N4O/c1-9-7-15-12(13-2)16-11(9)14-8-10-5-3-4-6-17-10/h7,10H,3-6,8H2,1-2H3,(H2,13,14,15,16). The molecule has 0 bridgehead atoms. The number of hydrogen-bond donors (Lipinski definition) is 2. The van der Waals surface area contributed by atoms with Crippen molar-refractivity contribution in [2.24, 2.45) is 0 Å². The molecule has 0 radical (unpaired) electrons. The lowest BCUT2D eigenvalue weighted by atomic mass is 10.1. The molecule has 1 aliphatic rings. The Morgan fingerprint density at radius 3 is 3.06 bits per heavy atom. The molecule has 2 rings (SSSR count). The Morgan fingerprint density at radius 1 is 1.47 bits per heavy atom. The van der Waals surface area contributed by atoms with Crippen LogP contribution in [0, 0.1) is 6.92 Å². The van der Waals surface area contributed by atoms with Gasteiger partial charge in [0.05, 0.1) is 6.10 Å². The van der Waals surface area contributed by atoms with Crippen LogP contribution in [0.5, 0.6) is 0 Å². The van der Waals surface area contributed by atoms with Gasteiger partial charge in [0.1, 0.15) is 5.82 Å². The molecular weight excluding hydrogens is 216 g/mol. The summed E-state index contributed by atoms with van der Waals surface area (Å²) in [6, 6.07) is 0. The van der Waals surface area contributed by atoms with Crippen molar-refractivity contribution in [2.75, 3.05) is 30.8 Å². The molecule has 2 heterocycles. The Morgan fingerprint density at radius 2 is 2.35 bits per heavy atom. The SMILES string of the molecule is CNc1ncc(C)c(NCC2CCCCO2)n1. The third-order valence-corrected chi connectivity index (χ3v) is 2.97. The second-order valence-electron chi connectivity index (χ2n) is 4.34. The van der Waals surface area contributed by atoms with E-state index in [2.05, 4.69) is 20.6 Å². The van der Waals surface area contributed by atoms with Crippen molar-refractivity contribution in [2.45, 2.75) is 32.3 Å². The molecule has 1 aromatic heterocycles. The number of hydrogen-bond acceptors (Lipinski definition) is 5. The predicted octanol–water partition coefficient (Wildman–Crippen LogP) is 1.81. The van der Waals surface area contributed by atoms with Gasteiger partial charge in [-0.05, 0) is 26.2 Å². The molecule has 0 amide bonds. The van der Waals surface area contributed by atoms with Crippen LogP contribution < -0.4 is 10.6 Å². The molecule has 0 aromatic carbocycles. The highest BCUT2D eigenvalue weighted by atomic mass is 16.5. The Kier molecular flexibility index (Phi) is 4.14. The molecule has 0 saturated carbocycles. The monoisotopic (exact) mass is 236 g/mol. The predicted molar refractivity (Wildman–Crippen MR) is 68.4 cm³/mol. The zero-order valence-electron chi connectivity index (χ0n) is 10.5. The van der Waals surface area contributed by atoms with Gasteiger partial charge in [0, 0.05) is 32.0 Å². The molecule has 0 aliphatic carbocycles. The van der Waals surface area contributed by atoms with E-state index in [1.807, 2.05) is 20.2 Å². The minimum absolute atomic E-state index is 0.316. The van der Waals surface area contributed by atoms with E-state index in [4.69, 9.17) is 4.74 Å². The normalized spacial score (nSPS) is 20.0. The van der Waals surface area contributed by atoms with Gasteiger partial charge in [-0.25, -0.2) is 4.98 Å². The zero-order chi connectivity index (χ0) is 12.1. The maximum Gasteiger partial charge on any atom is 0.224 e. The zero-order valence-corrected chi connectivity index (χ0v) is 10.5. The Bertz CT molecular complexity index is 364. The average molecular weight is 236 g/mol. The first-order valence-corrected chi connectivity index (χ1v) is 6.16. The highest BCUT2D eigenvalue weighted by Gasteiger charge is 2.14. The largest absolute Gasteiger partial charge is 0.376 e. The minimum atomic E-state index is 0.316. The van der Waals surface area contributed by atoms with Crippen LogP contribution >= 0.6 is 0 Å². The van der Waals surface area contributed by atoms with Crippen LogP contribution in [0.25, 0.3) is 0 Å². The van der Waals surface area contributed by atoms with Crippen molar-refractivity contribution < 1.29 is 4.74 Å². The van der Waals surface area contributed by atoms with Gasteiger partial charge in [-0.2, -0.15) is 4.98 Å². The fraction of sp³-hybridized carbons (Fsp3) is 0.667. The first-order valence-electron chi connectivity index (χ1n) is 6.16. The Labute approximate surface area is 102 Å². The van der Waals surface area contributed by atoms with Gasteiger partial charge in [-0.3, -0.25) is 0 Å². The molecule has 1 atom stereocenters. The fourth-order valence-corrected chi connectivity index (χ4v) is 1.92. The summed E-state index contributed by atoms with van der Waals surface area (Å²) in [5.41, 5.74) is 1.06. The summed E-state index contributed by atoms with van der Waals surface area (Å²) in [5.74, 6) is 1.53. The van der Waals surface area contributed by atoms with Gasteiger partial charge in [0.25, 0.3) is 0 Å². The highest BCUT2D eigenvalue weighted by Crippen LogP contribution is 2.16. The smallest absolute Gasteiger partial charge is 0.224 e. The third-order valence-electron chi connectivity index (χ3n) is 2.97. The van der Waals surface area contributed by atoms with Gasteiger partial charge < -0.3 is 15.4 Å². The van der Waals surface area contributed by atoms with E-state index in [1.54, 1.807) is 0 Å². The van der Waals surface area contributed by atoms with Gasteiger partial charge in [-0.15, -0.1) is 0 Å². The molecule has 2 N–H and O–H groups in total. The summed E-state index contributed by atoms with van der Waals surface area (Å²) in [6.07, 6.45) is 5.72. The van der Waals surface area contributed by atoms with Crippen LogP contribution in [-0.4, -0.2) is 36.3 Å². The molecule has 0 spiro atoms. The fourth-order valence-electron chi connectivity index (χ4n) is 1.92. The van der Waals surface area contributed by atoms with E-state index in [9.17, 15) is 0 Å². The average Bonchev–Trinajstić information content (AvgIpc) is 2.39. The summed E-state index contributed by atoms with van der Waals surface area (Å²) in [7, 11) is 1.82. The molecule has 94 valence electrons. The first kappa shape index (κ1) is 12.1. The number of aryl methyl sites for hydroxylation is 1. The van der Waals surface area contributed by atoms with E-state index in [1.165, 1.54) is 12.8 Å². The van der Waals surface area contributed by atoms with Gasteiger partial charge in [0.15, 0.2) is 0 Å². The summed E-state index contributed by atoms with van der Waals surface area (Å²) in [4.78, 5) is 8.54. The lowest BCUT2D eigenvalue weighted by Crippen LogP contribution is -2.27. The van der Waals surface area contributed by atoms with Crippen LogP contribution in [0.1, 0.15) is 24.8 Å². The molecule has 1 aromatic rings. The second kappa shape index (κ2) is 5.82. The molecule has 17 heavy (non-hydrogen) atoms. The van der Waals surface area contributed by atoms with E-state index in [0.717, 1.165) is 31.0 Å². The van der Waals surface area contributed by atoms with E-state index >= 15 is 0 Å². The molecule has 1 saturated heterocycles. The van der Waals surface area contributed by atoms with E-state index < -0.39 is 0 Å². The maximum absolute atomic E-state index is 5.67. The van der Waals surface area contributed by atoms with Crippen LogP contribution in [0.4, 0.5) is 11.8 Å². The van der Waals surface area contributed by atoms with Crippen LogP contribution in [-0.2, 0) is 4.74 Å². The molecule has 1 aliphatic heterocycles. The topological polar surface area (TPSA) is 59.1 Å². The van der Waals surface area contributed by atoms with Crippen LogP contribution in [0.15, 0.2) is 6.20 Å². The Hall–Kier alpha value is -1.36. The van der Waals surface area contributed by atoms with E-state index in [0.29, 0.717) is 12.1 Å².